The van der Waals surface area contributed by atoms with Crippen LogP contribution in [0.1, 0.15) is 26.7 Å². The quantitative estimate of drug-likeness (QED) is 0.110. The van der Waals surface area contributed by atoms with Crippen LogP contribution in [0.4, 0.5) is 30.7 Å². The van der Waals surface area contributed by atoms with Crippen LogP contribution in [-0.4, -0.2) is 61.3 Å². The molecule has 0 bridgehead atoms. The Morgan fingerprint density at radius 2 is 1.61 bits per heavy atom. The Balaban J connectivity index is 5.67. The van der Waals surface area contributed by atoms with E-state index < -0.39 is 77.2 Å². The summed E-state index contributed by atoms with van der Waals surface area (Å²) in [5, 5.41) is -5.95. The summed E-state index contributed by atoms with van der Waals surface area (Å²) in [5.74, 6) is -14.4. The van der Waals surface area contributed by atoms with Gasteiger partial charge in [-0.3, -0.25) is 4.55 Å². The molecule has 0 aromatic carbocycles. The van der Waals surface area contributed by atoms with Gasteiger partial charge in [0.25, 0.3) is 0 Å². The summed E-state index contributed by atoms with van der Waals surface area (Å²) in [5.41, 5.74) is 0. The Morgan fingerprint density at radius 3 is 2.00 bits per heavy atom. The largest absolute Gasteiger partial charge is 0.468 e. The Labute approximate surface area is 172 Å². The Kier molecular flexibility index (Phi) is 9.49. The molecule has 0 spiro atoms. The molecule has 1 unspecified atom stereocenters. The van der Waals surface area contributed by atoms with Crippen LogP contribution in [0.15, 0.2) is 12.7 Å². The second-order valence-corrected chi connectivity index (χ2v) is 7.84. The fraction of sp³-hybridized carbons (Fsp3) is 0.733. The van der Waals surface area contributed by atoms with Crippen molar-refractivity contribution < 1.29 is 67.5 Å². The fourth-order valence-corrected chi connectivity index (χ4v) is 2.23. The van der Waals surface area contributed by atoms with Crippen LogP contribution >= 0.6 is 0 Å². The summed E-state index contributed by atoms with van der Waals surface area (Å²) in [4.78, 5) is 23.3. The number of rotatable bonds is 12. The van der Waals surface area contributed by atoms with Crippen molar-refractivity contribution in [1.82, 2.24) is 0 Å². The van der Waals surface area contributed by atoms with Gasteiger partial charge in [0, 0.05) is 12.5 Å². The lowest BCUT2D eigenvalue weighted by Crippen LogP contribution is -2.58. The topological polar surface area (TPSA) is 116 Å². The molecule has 0 heterocycles. The molecule has 0 aliphatic heterocycles. The van der Waals surface area contributed by atoms with E-state index in [1.807, 2.05) is 0 Å². The van der Waals surface area contributed by atoms with Gasteiger partial charge in [-0.2, -0.15) is 39.2 Å². The minimum absolute atomic E-state index is 0.223. The van der Waals surface area contributed by atoms with Gasteiger partial charge in [-0.1, -0.05) is 20.4 Å². The molecule has 0 saturated carbocycles. The average molecular weight is 492 g/mol. The molecule has 0 aliphatic rings. The zero-order chi connectivity index (χ0) is 24.9. The molecular formula is C15H19F7O8S. The van der Waals surface area contributed by atoms with E-state index in [-0.39, 0.29) is 6.08 Å². The highest BCUT2D eigenvalue weighted by molar-refractivity contribution is 7.87. The standard InChI is InChI=1S/C15H19F7O8S/c1-4-10(23)30-13(14(18,19)20,11(24)28-8-9(2)3)29-7-5-6-12(16,17)15(21,22)31(25,26)27/h4,9H,1,5-8H2,2-3H3,(H,25,26,27). The second kappa shape index (κ2) is 10.1. The van der Waals surface area contributed by atoms with Crippen LogP contribution in [0, 0.1) is 5.92 Å². The van der Waals surface area contributed by atoms with Crippen LogP contribution in [0.25, 0.3) is 0 Å². The number of carbonyl (C=O) groups excluding carboxylic acids is 2. The van der Waals surface area contributed by atoms with Crippen molar-refractivity contribution in [1.29, 1.82) is 0 Å². The van der Waals surface area contributed by atoms with E-state index >= 15 is 0 Å². The molecule has 0 aromatic rings. The van der Waals surface area contributed by atoms with Gasteiger partial charge in [-0.25, -0.2) is 9.59 Å². The van der Waals surface area contributed by atoms with Gasteiger partial charge in [0.1, 0.15) is 0 Å². The predicted octanol–water partition coefficient (Wildman–Crippen LogP) is 3.09. The second-order valence-electron chi connectivity index (χ2n) is 6.38. The molecule has 0 fully saturated rings. The summed E-state index contributed by atoms with van der Waals surface area (Å²) in [6.45, 7) is 3.57. The van der Waals surface area contributed by atoms with Crippen molar-refractivity contribution in [2.75, 3.05) is 13.2 Å². The van der Waals surface area contributed by atoms with Gasteiger partial charge in [-0.05, 0) is 12.3 Å². The normalized spacial score (nSPS) is 15.3. The molecule has 0 rings (SSSR count). The van der Waals surface area contributed by atoms with E-state index in [0.29, 0.717) is 0 Å². The molecule has 31 heavy (non-hydrogen) atoms. The molecule has 1 atom stereocenters. The molecule has 0 amide bonds. The smallest absolute Gasteiger partial charge is 0.460 e. The Hall–Kier alpha value is -1.94. The Bertz CT molecular complexity index is 764. The summed E-state index contributed by atoms with van der Waals surface area (Å²) >= 11 is 0. The number of halogens is 7. The van der Waals surface area contributed by atoms with Crippen LogP contribution in [0.3, 0.4) is 0 Å². The maximum Gasteiger partial charge on any atom is 0.468 e. The highest BCUT2D eigenvalue weighted by Gasteiger charge is 2.68. The van der Waals surface area contributed by atoms with Crippen LogP contribution < -0.4 is 0 Å². The minimum atomic E-state index is -6.56. The molecule has 1 N–H and O–H groups in total. The Morgan fingerprint density at radius 1 is 1.10 bits per heavy atom. The van der Waals surface area contributed by atoms with E-state index in [9.17, 15) is 48.7 Å². The van der Waals surface area contributed by atoms with Crippen molar-refractivity contribution in [3.8, 4) is 0 Å². The SMILES string of the molecule is C=CC(=O)OC(OCCCC(F)(F)C(F)(F)S(=O)(=O)O)(C(=O)OCC(C)C)C(F)(F)F. The lowest BCUT2D eigenvalue weighted by atomic mass is 10.2. The number of alkyl halides is 7. The predicted molar refractivity (Wildman–Crippen MR) is 87.5 cm³/mol. The van der Waals surface area contributed by atoms with Crippen LogP contribution in [-0.2, 0) is 33.9 Å². The van der Waals surface area contributed by atoms with Crippen molar-refractivity contribution in [2.45, 2.75) is 49.8 Å². The first-order valence-electron chi connectivity index (χ1n) is 8.21. The monoisotopic (exact) mass is 492 g/mol. The van der Waals surface area contributed by atoms with Gasteiger partial charge >= 0.3 is 45.2 Å². The van der Waals surface area contributed by atoms with Crippen LogP contribution in [0.5, 0.6) is 0 Å². The minimum Gasteiger partial charge on any atom is -0.460 e. The maximum absolute atomic E-state index is 13.5. The lowest BCUT2D eigenvalue weighted by molar-refractivity contribution is -0.355. The fourth-order valence-electron chi connectivity index (χ4n) is 1.75. The molecule has 8 nitrogen and oxygen atoms in total. The van der Waals surface area contributed by atoms with E-state index in [2.05, 4.69) is 20.8 Å². The molecular weight excluding hydrogens is 473 g/mol. The molecule has 16 heteroatoms. The molecule has 0 radical (unpaired) electrons. The molecule has 0 aliphatic carbocycles. The van der Waals surface area contributed by atoms with E-state index in [4.69, 9.17) is 4.55 Å². The molecule has 182 valence electrons. The van der Waals surface area contributed by atoms with Crippen molar-refractivity contribution >= 4 is 22.1 Å². The van der Waals surface area contributed by atoms with Crippen molar-refractivity contribution in [3.63, 3.8) is 0 Å². The summed E-state index contributed by atoms with van der Waals surface area (Å²) < 4.78 is 135. The van der Waals surface area contributed by atoms with Gasteiger partial charge < -0.3 is 14.2 Å². The first kappa shape index (κ1) is 29.1. The van der Waals surface area contributed by atoms with Crippen LogP contribution in [0.2, 0.25) is 0 Å². The van der Waals surface area contributed by atoms with Crippen molar-refractivity contribution in [3.05, 3.63) is 12.7 Å². The molecule has 0 saturated heterocycles. The molecule has 0 aromatic heterocycles. The zero-order valence-electron chi connectivity index (χ0n) is 16.0. The number of carbonyl (C=O) groups is 2. The number of hydrogen-bond donors (Lipinski definition) is 1. The third-order valence-corrected chi connectivity index (χ3v) is 4.24. The summed E-state index contributed by atoms with van der Waals surface area (Å²) in [7, 11) is -6.56. The first-order chi connectivity index (χ1) is 13.7. The maximum atomic E-state index is 13.5. The average Bonchev–Trinajstić information content (AvgIpc) is 2.59. The number of ether oxygens (including phenoxy) is 3. The lowest BCUT2D eigenvalue weighted by Gasteiger charge is -2.32. The first-order valence-corrected chi connectivity index (χ1v) is 9.65. The van der Waals surface area contributed by atoms with Crippen molar-refractivity contribution in [2.24, 2.45) is 5.92 Å². The third kappa shape index (κ3) is 7.03. The third-order valence-electron chi connectivity index (χ3n) is 3.29. The van der Waals surface area contributed by atoms with Gasteiger partial charge in [0.2, 0.25) is 0 Å². The highest BCUT2D eigenvalue weighted by Crippen LogP contribution is 2.42. The summed E-state index contributed by atoms with van der Waals surface area (Å²) in [6, 6.07) is 0. The van der Waals surface area contributed by atoms with Gasteiger partial charge in [-0.15, -0.1) is 0 Å². The van der Waals surface area contributed by atoms with Gasteiger partial charge in [0.15, 0.2) is 0 Å². The van der Waals surface area contributed by atoms with Gasteiger partial charge in [0.05, 0.1) is 13.2 Å². The summed E-state index contributed by atoms with van der Waals surface area (Å²) in [6.07, 6.45) is -9.07. The van der Waals surface area contributed by atoms with E-state index in [1.165, 1.54) is 13.8 Å². The number of esters is 2. The van der Waals surface area contributed by atoms with E-state index in [0.717, 1.165) is 0 Å². The highest BCUT2D eigenvalue weighted by atomic mass is 32.2. The van der Waals surface area contributed by atoms with E-state index in [1.54, 1.807) is 0 Å². The number of hydrogen-bond acceptors (Lipinski definition) is 7. The zero-order valence-corrected chi connectivity index (χ0v) is 16.9.